The van der Waals surface area contributed by atoms with Gasteiger partial charge in [0, 0.05) is 24.6 Å². The Labute approximate surface area is 195 Å². The second-order valence-electron chi connectivity index (χ2n) is 10.9. The Hall–Kier alpha value is -1.49. The second-order valence-corrected chi connectivity index (χ2v) is 11.3. The van der Waals surface area contributed by atoms with Crippen molar-refractivity contribution in [3.05, 3.63) is 23.0 Å². The number of ether oxygens (including phenoxy) is 2. The van der Waals surface area contributed by atoms with Crippen LogP contribution in [0, 0.1) is 34.9 Å². The summed E-state index contributed by atoms with van der Waals surface area (Å²) in [6, 6.07) is 3.01. The summed E-state index contributed by atoms with van der Waals surface area (Å²) >= 11 is 6.58. The average molecular weight is 464 g/mol. The Morgan fingerprint density at radius 1 is 1.16 bits per heavy atom. The molecular formula is C26H35ClFNO3. The highest BCUT2D eigenvalue weighted by molar-refractivity contribution is 6.32. The van der Waals surface area contributed by atoms with Crippen LogP contribution in [0.15, 0.2) is 12.1 Å². The van der Waals surface area contributed by atoms with Crippen LogP contribution in [-0.2, 0) is 9.53 Å². The van der Waals surface area contributed by atoms with E-state index in [-0.39, 0.29) is 29.2 Å². The number of esters is 1. The Bertz CT molecular complexity index is 840. The number of rotatable bonds is 7. The van der Waals surface area contributed by atoms with Crippen molar-refractivity contribution in [2.45, 2.75) is 70.8 Å². The first-order valence-electron chi connectivity index (χ1n) is 12.4. The van der Waals surface area contributed by atoms with Crippen molar-refractivity contribution in [1.29, 1.82) is 0 Å². The molecule has 0 saturated heterocycles. The van der Waals surface area contributed by atoms with Crippen molar-refractivity contribution in [3.8, 4) is 5.75 Å². The lowest BCUT2D eigenvalue weighted by atomic mass is 9.50. The number of nitrogens with zero attached hydrogens (tertiary/aromatic N) is 1. The van der Waals surface area contributed by atoms with Gasteiger partial charge in [0.25, 0.3) is 0 Å². The van der Waals surface area contributed by atoms with E-state index in [0.29, 0.717) is 29.7 Å². The number of hydrogen-bond donors (Lipinski definition) is 0. The van der Waals surface area contributed by atoms with Gasteiger partial charge in [-0.05, 0) is 82.1 Å². The molecule has 0 heterocycles. The van der Waals surface area contributed by atoms with Crippen LogP contribution in [-0.4, -0.2) is 32.3 Å². The van der Waals surface area contributed by atoms with Crippen molar-refractivity contribution < 1.29 is 18.7 Å². The third-order valence-electron chi connectivity index (χ3n) is 8.65. The van der Waals surface area contributed by atoms with Crippen molar-refractivity contribution in [1.82, 2.24) is 0 Å². The molecule has 1 aromatic carbocycles. The topological polar surface area (TPSA) is 38.8 Å². The zero-order chi connectivity index (χ0) is 22.5. The molecule has 176 valence electrons. The first kappa shape index (κ1) is 22.3. The maximum absolute atomic E-state index is 15.2. The first-order chi connectivity index (χ1) is 15.4. The lowest BCUT2D eigenvalue weighted by Crippen LogP contribution is -2.48. The highest BCUT2D eigenvalue weighted by Gasteiger charge is 2.51. The highest BCUT2D eigenvalue weighted by atomic mass is 35.5. The lowest BCUT2D eigenvalue weighted by Gasteiger charge is -2.56. The molecule has 0 N–H and O–H groups in total. The molecule has 0 aliphatic heterocycles. The third kappa shape index (κ3) is 4.10. The van der Waals surface area contributed by atoms with Gasteiger partial charge in [-0.2, -0.15) is 0 Å². The Morgan fingerprint density at radius 3 is 2.44 bits per heavy atom. The summed E-state index contributed by atoms with van der Waals surface area (Å²) < 4.78 is 26.6. The quantitative estimate of drug-likeness (QED) is 0.448. The molecule has 5 aliphatic rings. The van der Waals surface area contributed by atoms with Crippen LogP contribution in [0.5, 0.6) is 5.75 Å². The van der Waals surface area contributed by atoms with Gasteiger partial charge in [0.1, 0.15) is 11.6 Å². The zero-order valence-corrected chi connectivity index (χ0v) is 20.0. The summed E-state index contributed by atoms with van der Waals surface area (Å²) in [4.78, 5) is 14.2. The number of benzene rings is 1. The highest BCUT2D eigenvalue weighted by Crippen LogP contribution is 2.60. The van der Waals surface area contributed by atoms with Crippen molar-refractivity contribution >= 4 is 23.3 Å². The monoisotopic (exact) mass is 463 g/mol. The predicted molar refractivity (Wildman–Crippen MR) is 124 cm³/mol. The van der Waals surface area contributed by atoms with E-state index in [9.17, 15) is 4.79 Å². The molecule has 5 aliphatic carbocycles. The summed E-state index contributed by atoms with van der Waals surface area (Å²) in [5, 5.41) is 0.434. The van der Waals surface area contributed by atoms with Crippen molar-refractivity contribution in [2.24, 2.45) is 29.1 Å². The fraction of sp³-hybridized carbons (Fsp3) is 0.731. The minimum absolute atomic E-state index is 0.0848. The largest absolute Gasteiger partial charge is 0.491 e. The van der Waals surface area contributed by atoms with Crippen molar-refractivity contribution in [2.75, 3.05) is 25.2 Å². The van der Waals surface area contributed by atoms with Crippen LogP contribution in [0.25, 0.3) is 0 Å². The minimum Gasteiger partial charge on any atom is -0.491 e. The van der Waals surface area contributed by atoms with Gasteiger partial charge in [0.2, 0.25) is 0 Å². The molecule has 2 atom stereocenters. The van der Waals surface area contributed by atoms with E-state index in [2.05, 4.69) is 0 Å². The van der Waals surface area contributed by atoms with Gasteiger partial charge >= 0.3 is 5.97 Å². The normalized spacial score (nSPS) is 35.2. The van der Waals surface area contributed by atoms with E-state index in [1.807, 2.05) is 18.9 Å². The molecule has 0 amide bonds. The van der Waals surface area contributed by atoms with Crippen LogP contribution in [0.3, 0.4) is 0 Å². The Balaban J connectivity index is 1.29. The maximum atomic E-state index is 15.2. The molecule has 0 aromatic heterocycles. The number of anilines is 1. The molecule has 32 heavy (non-hydrogen) atoms. The summed E-state index contributed by atoms with van der Waals surface area (Å²) in [5.41, 5.74) is 0.666. The number of carbonyl (C=O) groups excluding carboxylic acids is 1. The predicted octanol–water partition coefficient (Wildman–Crippen LogP) is 6.24. The third-order valence-corrected chi connectivity index (χ3v) is 8.94. The van der Waals surface area contributed by atoms with Crippen LogP contribution < -0.4 is 9.64 Å². The van der Waals surface area contributed by atoms with Gasteiger partial charge in [-0.1, -0.05) is 18.0 Å². The number of hydrogen-bond acceptors (Lipinski definition) is 4. The van der Waals surface area contributed by atoms with E-state index in [4.69, 9.17) is 21.1 Å². The van der Waals surface area contributed by atoms with Gasteiger partial charge in [0.05, 0.1) is 29.8 Å². The smallest absolute Gasteiger partial charge is 0.311 e. The second kappa shape index (κ2) is 8.70. The van der Waals surface area contributed by atoms with Gasteiger partial charge in [-0.15, -0.1) is 0 Å². The molecule has 4 nitrogen and oxygen atoms in total. The first-order valence-corrected chi connectivity index (χ1v) is 12.8. The van der Waals surface area contributed by atoms with E-state index in [1.54, 1.807) is 6.07 Å². The fourth-order valence-corrected chi connectivity index (χ4v) is 7.92. The standard InChI is InChI=1S/C26H35ClFNO3/c1-3-31-25(30)19-5-4-6-22(19)29(2)23-10-20(27)24(11-21(23)28)32-15-26-12-16-7-17(13-26)9-18(8-16)14-26/h10-11,16-19,22H,3-9,12-15H2,1-2H3. The molecule has 5 fully saturated rings. The Morgan fingerprint density at radius 2 is 1.81 bits per heavy atom. The van der Waals surface area contributed by atoms with Crippen LogP contribution >= 0.6 is 11.6 Å². The van der Waals surface area contributed by atoms with Crippen molar-refractivity contribution in [3.63, 3.8) is 0 Å². The van der Waals surface area contributed by atoms with E-state index >= 15 is 4.39 Å². The maximum Gasteiger partial charge on any atom is 0.311 e. The molecule has 5 saturated carbocycles. The van der Waals surface area contributed by atoms with Gasteiger partial charge in [0.15, 0.2) is 0 Å². The van der Waals surface area contributed by atoms with Gasteiger partial charge < -0.3 is 14.4 Å². The summed E-state index contributed by atoms with van der Waals surface area (Å²) in [5.74, 6) is 2.22. The Kier molecular flexibility index (Phi) is 6.06. The van der Waals surface area contributed by atoms with Crippen LogP contribution in [0.1, 0.15) is 64.7 Å². The molecule has 0 spiro atoms. The molecule has 6 rings (SSSR count). The van der Waals surface area contributed by atoms with Crippen LogP contribution in [0.4, 0.5) is 10.1 Å². The van der Waals surface area contributed by atoms with Crippen LogP contribution in [0.2, 0.25) is 5.02 Å². The summed E-state index contributed by atoms with van der Waals surface area (Å²) in [7, 11) is 1.84. The van der Waals surface area contributed by atoms with E-state index in [0.717, 1.165) is 37.0 Å². The fourth-order valence-electron chi connectivity index (χ4n) is 7.70. The average Bonchev–Trinajstić information content (AvgIpc) is 3.23. The summed E-state index contributed by atoms with van der Waals surface area (Å²) in [6.45, 7) is 2.81. The molecule has 0 radical (unpaired) electrons. The SMILES string of the molecule is CCOC(=O)C1CCCC1N(C)c1cc(Cl)c(OCC23CC4CC(CC(C4)C2)C3)cc1F. The van der Waals surface area contributed by atoms with Gasteiger partial charge in [-0.3, -0.25) is 4.79 Å². The zero-order valence-electron chi connectivity index (χ0n) is 19.2. The van der Waals surface area contributed by atoms with Gasteiger partial charge in [-0.25, -0.2) is 4.39 Å². The summed E-state index contributed by atoms with van der Waals surface area (Å²) in [6.07, 6.45) is 10.5. The lowest BCUT2D eigenvalue weighted by molar-refractivity contribution is -0.148. The minimum atomic E-state index is -0.355. The molecular weight excluding hydrogens is 429 g/mol. The molecule has 4 bridgehead atoms. The number of carbonyl (C=O) groups is 1. The molecule has 1 aromatic rings. The van der Waals surface area contributed by atoms with E-state index < -0.39 is 0 Å². The molecule has 2 unspecified atom stereocenters. The van der Waals surface area contributed by atoms with E-state index in [1.165, 1.54) is 44.6 Å². The molecule has 6 heteroatoms. The number of halogens is 2.